The molecule has 0 aromatic heterocycles. The summed E-state index contributed by atoms with van der Waals surface area (Å²) in [7, 11) is 0. The number of rotatable bonds is 9. The van der Waals surface area contributed by atoms with E-state index in [9.17, 15) is 24.0 Å². The van der Waals surface area contributed by atoms with Gasteiger partial charge in [-0.1, -0.05) is 7.43 Å². The largest absolute Gasteiger partial charge is 0.870 e. The lowest BCUT2D eigenvalue weighted by atomic mass is 10.4. The molecule has 0 aliphatic rings. The van der Waals surface area contributed by atoms with Gasteiger partial charge in [-0.2, -0.15) is 0 Å². The second-order valence-electron chi connectivity index (χ2n) is 4.04. The van der Waals surface area contributed by atoms with Crippen LogP contribution in [0.3, 0.4) is 0 Å². The molecule has 0 unspecified atom stereocenters. The molecule has 0 heterocycles. The van der Waals surface area contributed by atoms with Crippen molar-refractivity contribution in [2.75, 3.05) is 33.0 Å². The Hall–Kier alpha value is -2.21. The van der Waals surface area contributed by atoms with E-state index in [1.165, 1.54) is 20.8 Å². The third-order valence-electron chi connectivity index (χ3n) is 1.28. The van der Waals surface area contributed by atoms with Crippen LogP contribution in [0.4, 0.5) is 0 Å². The lowest BCUT2D eigenvalue weighted by Gasteiger charge is -1.94. The van der Waals surface area contributed by atoms with Crippen molar-refractivity contribution in [2.24, 2.45) is 0 Å². The summed E-state index contributed by atoms with van der Waals surface area (Å²) in [6, 6.07) is 0. The summed E-state index contributed by atoms with van der Waals surface area (Å²) in [6.07, 6.45) is 0. The number of aliphatic carboxylic acids is 2. The quantitative estimate of drug-likeness (QED) is 0.467. The fraction of sp³-hybridized carbons (Fsp3) is 0.643. The van der Waals surface area contributed by atoms with Gasteiger partial charge in [0.15, 0.2) is 17.3 Å². The van der Waals surface area contributed by atoms with Crippen LogP contribution in [0.25, 0.3) is 0 Å². The van der Waals surface area contributed by atoms with Crippen molar-refractivity contribution in [1.82, 2.24) is 0 Å². The van der Waals surface area contributed by atoms with Crippen LogP contribution in [0, 0.1) is 0 Å². The van der Waals surface area contributed by atoms with Crippen molar-refractivity contribution in [3.63, 3.8) is 0 Å². The Labute approximate surface area is 145 Å². The zero-order chi connectivity index (χ0) is 18.8. The smallest absolute Gasteiger partial charge is 0.329 e. The second-order valence-corrected chi connectivity index (χ2v) is 4.04. The Balaban J connectivity index is -0.0000000800. The number of ether oxygens (including phenoxy) is 2. The zero-order valence-electron chi connectivity index (χ0n) is 13.7. The van der Waals surface area contributed by atoms with Crippen molar-refractivity contribution in [3.05, 3.63) is 0 Å². The summed E-state index contributed by atoms with van der Waals surface area (Å²) in [6.45, 7) is 2.79. The zero-order valence-corrected chi connectivity index (χ0v) is 13.7. The van der Waals surface area contributed by atoms with Gasteiger partial charge in [0.25, 0.3) is 0 Å². The molecule has 25 heavy (non-hydrogen) atoms. The van der Waals surface area contributed by atoms with Crippen molar-refractivity contribution in [1.29, 1.82) is 0 Å². The molecule has 0 bridgehead atoms. The predicted octanol–water partition coefficient (Wildman–Crippen LogP) is -0.620. The van der Waals surface area contributed by atoms with Gasteiger partial charge >= 0.3 is 11.9 Å². The van der Waals surface area contributed by atoms with E-state index in [-0.39, 0.29) is 50.1 Å². The first-order valence-corrected chi connectivity index (χ1v) is 6.21. The molecule has 0 saturated carbocycles. The van der Waals surface area contributed by atoms with E-state index in [0.29, 0.717) is 0 Å². The number of ketones is 3. The molecule has 0 aromatic carbocycles. The molecular formula is C14H27O11-. The number of hydrogen-bond donors (Lipinski definition) is 3. The first kappa shape index (κ1) is 34.2. The molecule has 0 amide bonds. The maximum atomic E-state index is 10.2. The lowest BCUT2D eigenvalue weighted by Crippen LogP contribution is -2.13. The molecule has 0 aliphatic carbocycles. The molecule has 0 rings (SSSR count). The van der Waals surface area contributed by atoms with Crippen LogP contribution in [0.1, 0.15) is 28.2 Å². The van der Waals surface area contributed by atoms with E-state index < -0.39 is 25.2 Å². The van der Waals surface area contributed by atoms with Crippen LogP contribution in [0.2, 0.25) is 0 Å². The first-order valence-electron chi connectivity index (χ1n) is 6.21. The number of hydrogen-bond acceptors (Lipinski definition) is 9. The topological polar surface area (TPSA) is 194 Å². The summed E-state index contributed by atoms with van der Waals surface area (Å²) in [5, 5.41) is 23.6. The van der Waals surface area contributed by atoms with Crippen molar-refractivity contribution in [3.8, 4) is 0 Å². The number of aliphatic hydroxyl groups is 1. The normalized spacial score (nSPS) is 8.00. The number of carbonyl (C=O) groups excluding carboxylic acids is 3. The van der Waals surface area contributed by atoms with Crippen LogP contribution in [-0.2, 0) is 33.4 Å². The van der Waals surface area contributed by atoms with Crippen LogP contribution >= 0.6 is 0 Å². The standard InChI is InChI=1S/C6H10O3.C4H6O5.C3H6O2.CH4.H2O/c1-5(7)3-9-4-6(2)8;5-3(6)1-9-2-4(7)8;1-3(5)2-4;;/h3-4H2,1-2H3;1-2H2,(H,5,6)(H,7,8);4H,2H2,1H3;1H4;1H2/p-1. The minimum atomic E-state index is -1.17. The number of aliphatic hydroxyl groups excluding tert-OH is 1. The Morgan fingerprint density at radius 2 is 0.920 bits per heavy atom. The Kier molecular flexibility index (Phi) is 32.9. The number of carboxylic acids is 2. The molecule has 150 valence electrons. The first-order chi connectivity index (χ1) is 10.5. The highest BCUT2D eigenvalue weighted by Crippen LogP contribution is 1.76. The van der Waals surface area contributed by atoms with E-state index >= 15 is 0 Å². The summed E-state index contributed by atoms with van der Waals surface area (Å²) < 4.78 is 8.81. The second kappa shape index (κ2) is 24.0. The van der Waals surface area contributed by atoms with Crippen LogP contribution in [-0.4, -0.2) is 83.1 Å². The molecule has 0 saturated heterocycles. The number of Topliss-reactive ketones (excluding diaryl/α,β-unsaturated/α-hetero) is 3. The molecule has 0 radical (unpaired) electrons. The predicted molar refractivity (Wildman–Crippen MR) is 84.7 cm³/mol. The monoisotopic (exact) mass is 371 g/mol. The van der Waals surface area contributed by atoms with E-state index in [0.717, 1.165) is 0 Å². The van der Waals surface area contributed by atoms with Gasteiger partial charge in [0.05, 0.1) is 0 Å². The number of carboxylic acid groups (broad SMARTS) is 2. The summed E-state index contributed by atoms with van der Waals surface area (Å²) in [5.41, 5.74) is 0. The van der Waals surface area contributed by atoms with Crippen LogP contribution in [0.15, 0.2) is 0 Å². The SMILES string of the molecule is C.CC(=O)CO.CC(=O)COCC(C)=O.O=C(O)COCC(=O)O.[OH-]. The van der Waals surface area contributed by atoms with E-state index in [1.54, 1.807) is 0 Å². The third-order valence-corrected chi connectivity index (χ3v) is 1.28. The summed E-state index contributed by atoms with van der Waals surface area (Å²) >= 11 is 0. The molecule has 11 nitrogen and oxygen atoms in total. The third kappa shape index (κ3) is 61.4. The molecule has 11 heteroatoms. The lowest BCUT2D eigenvalue weighted by molar-refractivity contribution is -0.148. The van der Waals surface area contributed by atoms with Gasteiger partial charge in [-0.15, -0.1) is 0 Å². The average molecular weight is 371 g/mol. The van der Waals surface area contributed by atoms with Gasteiger partial charge in [0, 0.05) is 0 Å². The molecule has 0 fully saturated rings. The average Bonchev–Trinajstić information content (AvgIpc) is 2.38. The molecule has 0 aliphatic heterocycles. The van der Waals surface area contributed by atoms with Gasteiger partial charge in [0.1, 0.15) is 33.0 Å². The Morgan fingerprint density at radius 3 is 1.08 bits per heavy atom. The van der Waals surface area contributed by atoms with Gasteiger partial charge in [-0.3, -0.25) is 14.4 Å². The fourth-order valence-corrected chi connectivity index (χ4v) is 0.564. The molecular weight excluding hydrogens is 344 g/mol. The Morgan fingerprint density at radius 1 is 0.680 bits per heavy atom. The summed E-state index contributed by atoms with van der Waals surface area (Å²) in [5.74, 6) is -2.65. The molecule has 0 spiro atoms. The highest BCUT2D eigenvalue weighted by molar-refractivity contribution is 5.79. The Bertz CT molecular complexity index is 332. The van der Waals surface area contributed by atoms with Crippen molar-refractivity contribution < 1.29 is 54.2 Å². The van der Waals surface area contributed by atoms with E-state index in [4.69, 9.17) is 15.3 Å². The van der Waals surface area contributed by atoms with E-state index in [2.05, 4.69) is 9.47 Å². The van der Waals surface area contributed by atoms with Crippen molar-refractivity contribution >= 4 is 29.3 Å². The molecule has 0 atom stereocenters. The maximum Gasteiger partial charge on any atom is 0.329 e. The number of carbonyl (C=O) groups is 5. The fourth-order valence-electron chi connectivity index (χ4n) is 0.564. The summed E-state index contributed by atoms with van der Waals surface area (Å²) in [4.78, 5) is 49.3. The van der Waals surface area contributed by atoms with Gasteiger partial charge in [-0.05, 0) is 20.8 Å². The maximum absolute atomic E-state index is 10.2. The van der Waals surface area contributed by atoms with Crippen LogP contribution in [0.5, 0.6) is 0 Å². The minimum absolute atomic E-state index is 0. The van der Waals surface area contributed by atoms with Crippen molar-refractivity contribution in [2.45, 2.75) is 28.2 Å². The highest BCUT2D eigenvalue weighted by Gasteiger charge is 1.99. The van der Waals surface area contributed by atoms with Gasteiger partial charge in [-0.25, -0.2) is 9.59 Å². The molecule has 0 aromatic rings. The molecule has 4 N–H and O–H groups in total. The van der Waals surface area contributed by atoms with Gasteiger partial charge < -0.3 is 30.3 Å². The van der Waals surface area contributed by atoms with Gasteiger partial charge in [0.2, 0.25) is 0 Å². The highest BCUT2D eigenvalue weighted by atomic mass is 16.5. The minimum Gasteiger partial charge on any atom is -0.870 e. The van der Waals surface area contributed by atoms with E-state index in [1.807, 2.05) is 0 Å². The van der Waals surface area contributed by atoms with Crippen LogP contribution < -0.4 is 0 Å².